The van der Waals surface area contributed by atoms with Gasteiger partial charge >= 0.3 is 0 Å². The standard InChI is InChI=1S/C13H24N2S/c1-12(2)15(3)8-5-4-7-14-10-13-6-9-16-11-13/h6,9,11-12,14H,4-5,7-8,10H2,1-3H3. The average Bonchev–Trinajstić information content (AvgIpc) is 2.75. The van der Waals surface area contributed by atoms with E-state index in [-0.39, 0.29) is 0 Å². The van der Waals surface area contributed by atoms with E-state index in [0.717, 1.165) is 13.1 Å². The van der Waals surface area contributed by atoms with Crippen molar-refractivity contribution in [2.75, 3.05) is 20.1 Å². The quantitative estimate of drug-likeness (QED) is 0.703. The van der Waals surface area contributed by atoms with Gasteiger partial charge in [0.05, 0.1) is 0 Å². The molecule has 0 atom stereocenters. The van der Waals surface area contributed by atoms with E-state index in [1.165, 1.54) is 24.9 Å². The Balaban J connectivity index is 1.92. The number of unbranched alkanes of at least 4 members (excludes halogenated alkanes) is 1. The Labute approximate surface area is 104 Å². The molecule has 0 aliphatic heterocycles. The molecule has 92 valence electrons. The van der Waals surface area contributed by atoms with Gasteiger partial charge in [0.2, 0.25) is 0 Å². The Hall–Kier alpha value is -0.380. The number of thiophene rings is 1. The number of hydrogen-bond acceptors (Lipinski definition) is 3. The molecule has 1 N–H and O–H groups in total. The van der Waals surface area contributed by atoms with Crippen LogP contribution in [0.25, 0.3) is 0 Å². The summed E-state index contributed by atoms with van der Waals surface area (Å²) in [4.78, 5) is 2.40. The first kappa shape index (κ1) is 13.7. The zero-order valence-corrected chi connectivity index (χ0v) is 11.5. The van der Waals surface area contributed by atoms with Crippen molar-refractivity contribution >= 4 is 11.3 Å². The summed E-state index contributed by atoms with van der Waals surface area (Å²) in [5.74, 6) is 0. The number of hydrogen-bond donors (Lipinski definition) is 1. The van der Waals surface area contributed by atoms with Crippen LogP contribution in [-0.4, -0.2) is 31.1 Å². The van der Waals surface area contributed by atoms with Gasteiger partial charge in [0.15, 0.2) is 0 Å². The second kappa shape index (κ2) is 7.82. The minimum atomic E-state index is 0.666. The third-order valence-corrected chi connectivity index (χ3v) is 3.64. The predicted octanol–water partition coefficient (Wildman–Crippen LogP) is 2.96. The largest absolute Gasteiger partial charge is 0.313 e. The van der Waals surface area contributed by atoms with Gasteiger partial charge in [-0.1, -0.05) is 0 Å². The fraction of sp³-hybridized carbons (Fsp3) is 0.692. The Morgan fingerprint density at radius 3 is 2.81 bits per heavy atom. The summed E-state index contributed by atoms with van der Waals surface area (Å²) < 4.78 is 0. The number of nitrogens with zero attached hydrogens (tertiary/aromatic N) is 1. The summed E-state index contributed by atoms with van der Waals surface area (Å²) in [6.45, 7) is 7.84. The smallest absolute Gasteiger partial charge is 0.0213 e. The lowest BCUT2D eigenvalue weighted by molar-refractivity contribution is 0.268. The van der Waals surface area contributed by atoms with Crippen LogP contribution in [0.15, 0.2) is 16.8 Å². The van der Waals surface area contributed by atoms with Gasteiger partial charge in [-0.05, 0) is 69.2 Å². The summed E-state index contributed by atoms with van der Waals surface area (Å²) >= 11 is 1.77. The van der Waals surface area contributed by atoms with Crippen LogP contribution < -0.4 is 5.32 Å². The zero-order valence-electron chi connectivity index (χ0n) is 10.7. The van der Waals surface area contributed by atoms with Crippen molar-refractivity contribution in [3.63, 3.8) is 0 Å². The molecule has 1 rings (SSSR count). The highest BCUT2D eigenvalue weighted by Gasteiger charge is 2.01. The van der Waals surface area contributed by atoms with E-state index in [0.29, 0.717) is 6.04 Å². The monoisotopic (exact) mass is 240 g/mol. The molecule has 0 fully saturated rings. The van der Waals surface area contributed by atoms with Crippen molar-refractivity contribution < 1.29 is 0 Å². The second-order valence-corrected chi connectivity index (χ2v) is 5.37. The molecule has 0 bridgehead atoms. The van der Waals surface area contributed by atoms with Crippen LogP contribution >= 0.6 is 11.3 Å². The van der Waals surface area contributed by atoms with Crippen molar-refractivity contribution in [1.82, 2.24) is 10.2 Å². The Morgan fingerprint density at radius 1 is 1.38 bits per heavy atom. The maximum absolute atomic E-state index is 3.48. The van der Waals surface area contributed by atoms with Crippen molar-refractivity contribution in [3.8, 4) is 0 Å². The average molecular weight is 240 g/mol. The van der Waals surface area contributed by atoms with Crippen LogP contribution in [0.5, 0.6) is 0 Å². The lowest BCUT2D eigenvalue weighted by Gasteiger charge is -2.20. The Morgan fingerprint density at radius 2 is 2.19 bits per heavy atom. The molecule has 0 aliphatic carbocycles. The first-order valence-corrected chi connectivity index (χ1v) is 7.06. The molecule has 1 heterocycles. The van der Waals surface area contributed by atoms with Crippen molar-refractivity contribution in [1.29, 1.82) is 0 Å². The zero-order chi connectivity index (χ0) is 11.8. The van der Waals surface area contributed by atoms with E-state index in [9.17, 15) is 0 Å². The van der Waals surface area contributed by atoms with Gasteiger partial charge in [-0.15, -0.1) is 0 Å². The molecule has 0 saturated carbocycles. The summed E-state index contributed by atoms with van der Waals surface area (Å²) in [7, 11) is 2.20. The van der Waals surface area contributed by atoms with E-state index in [1.807, 2.05) is 0 Å². The van der Waals surface area contributed by atoms with Gasteiger partial charge in [0, 0.05) is 12.6 Å². The van der Waals surface area contributed by atoms with Crippen molar-refractivity contribution in [2.45, 2.75) is 39.3 Å². The van der Waals surface area contributed by atoms with Crippen molar-refractivity contribution in [3.05, 3.63) is 22.4 Å². The van der Waals surface area contributed by atoms with E-state index in [4.69, 9.17) is 0 Å². The lowest BCUT2D eigenvalue weighted by Crippen LogP contribution is -2.27. The van der Waals surface area contributed by atoms with Gasteiger partial charge in [0.1, 0.15) is 0 Å². The summed E-state index contributed by atoms with van der Waals surface area (Å²) in [5, 5.41) is 7.82. The molecule has 0 aromatic carbocycles. The Bertz CT molecular complexity index is 257. The first-order chi connectivity index (χ1) is 7.70. The molecule has 0 unspecified atom stereocenters. The van der Waals surface area contributed by atoms with Crippen LogP contribution in [0, 0.1) is 0 Å². The van der Waals surface area contributed by atoms with E-state index in [2.05, 4.69) is 47.9 Å². The molecule has 0 aliphatic rings. The molecule has 2 nitrogen and oxygen atoms in total. The highest BCUT2D eigenvalue weighted by atomic mass is 32.1. The molecule has 3 heteroatoms. The predicted molar refractivity (Wildman–Crippen MR) is 73.0 cm³/mol. The fourth-order valence-electron chi connectivity index (χ4n) is 1.50. The SMILES string of the molecule is CC(C)N(C)CCCCNCc1ccsc1. The maximum atomic E-state index is 3.48. The number of rotatable bonds is 8. The topological polar surface area (TPSA) is 15.3 Å². The molecule has 0 saturated heterocycles. The molecule has 0 radical (unpaired) electrons. The third-order valence-electron chi connectivity index (χ3n) is 2.91. The maximum Gasteiger partial charge on any atom is 0.0213 e. The minimum absolute atomic E-state index is 0.666. The Kier molecular flexibility index (Phi) is 6.69. The van der Waals surface area contributed by atoms with Crippen LogP contribution in [0.4, 0.5) is 0 Å². The van der Waals surface area contributed by atoms with E-state index < -0.39 is 0 Å². The lowest BCUT2D eigenvalue weighted by atomic mass is 10.2. The van der Waals surface area contributed by atoms with Crippen molar-refractivity contribution in [2.24, 2.45) is 0 Å². The molecular formula is C13H24N2S. The normalized spacial score (nSPS) is 11.6. The highest BCUT2D eigenvalue weighted by Crippen LogP contribution is 2.05. The van der Waals surface area contributed by atoms with Gasteiger partial charge in [-0.25, -0.2) is 0 Å². The van der Waals surface area contributed by atoms with Crippen LogP contribution in [-0.2, 0) is 6.54 Å². The molecule has 1 aromatic heterocycles. The molecular weight excluding hydrogens is 216 g/mol. The van der Waals surface area contributed by atoms with Gasteiger partial charge in [0.25, 0.3) is 0 Å². The van der Waals surface area contributed by atoms with Crippen LogP contribution in [0.2, 0.25) is 0 Å². The first-order valence-electron chi connectivity index (χ1n) is 6.12. The third kappa shape index (κ3) is 5.64. The summed E-state index contributed by atoms with van der Waals surface area (Å²) in [6, 6.07) is 2.85. The second-order valence-electron chi connectivity index (χ2n) is 4.59. The minimum Gasteiger partial charge on any atom is -0.313 e. The highest BCUT2D eigenvalue weighted by molar-refractivity contribution is 7.07. The molecule has 16 heavy (non-hydrogen) atoms. The number of nitrogens with one attached hydrogen (secondary N) is 1. The van der Waals surface area contributed by atoms with Gasteiger partial charge in [-0.2, -0.15) is 11.3 Å². The van der Waals surface area contributed by atoms with Gasteiger partial charge < -0.3 is 10.2 Å². The summed E-state index contributed by atoms with van der Waals surface area (Å²) in [6.07, 6.45) is 2.55. The van der Waals surface area contributed by atoms with Crippen LogP contribution in [0.3, 0.4) is 0 Å². The fourth-order valence-corrected chi connectivity index (χ4v) is 2.16. The van der Waals surface area contributed by atoms with Crippen LogP contribution in [0.1, 0.15) is 32.3 Å². The molecule has 1 aromatic rings. The summed E-state index contributed by atoms with van der Waals surface area (Å²) in [5.41, 5.74) is 1.41. The van der Waals surface area contributed by atoms with Gasteiger partial charge in [-0.3, -0.25) is 0 Å². The van der Waals surface area contributed by atoms with E-state index in [1.54, 1.807) is 11.3 Å². The molecule has 0 amide bonds. The van der Waals surface area contributed by atoms with E-state index >= 15 is 0 Å². The molecule has 0 spiro atoms.